The fraction of sp³-hybridized carbons (Fsp3) is 0.100. The molecule has 1 heterocycles. The fourth-order valence-electron chi connectivity index (χ4n) is 1.29. The lowest BCUT2D eigenvalue weighted by Gasteiger charge is -2.07. The molecule has 0 spiro atoms. The molecule has 0 aliphatic heterocycles. The molecule has 0 aliphatic carbocycles. The molecule has 0 aliphatic rings. The quantitative estimate of drug-likeness (QED) is 0.871. The van der Waals surface area contributed by atoms with E-state index in [1.165, 1.54) is 18.5 Å². The van der Waals surface area contributed by atoms with Gasteiger partial charge in [-0.1, -0.05) is 11.8 Å². The van der Waals surface area contributed by atoms with Crippen molar-refractivity contribution in [2.75, 3.05) is 5.75 Å². The van der Waals surface area contributed by atoms with E-state index in [1.807, 2.05) is 0 Å². The van der Waals surface area contributed by atoms with Crippen LogP contribution >= 0.6 is 27.7 Å². The zero-order valence-electron chi connectivity index (χ0n) is 8.88. The van der Waals surface area contributed by atoms with Crippen LogP contribution in [0.25, 0.3) is 5.69 Å². The van der Waals surface area contributed by atoms with Crippen LogP contribution in [0.2, 0.25) is 0 Å². The minimum atomic E-state index is -0.937. The van der Waals surface area contributed by atoms with Gasteiger partial charge in [-0.2, -0.15) is 0 Å². The number of nitrogens with zero attached hydrogens (tertiary/aromatic N) is 3. The van der Waals surface area contributed by atoms with E-state index >= 15 is 0 Å². The van der Waals surface area contributed by atoms with Crippen LogP contribution in [0.4, 0.5) is 4.39 Å². The summed E-state index contributed by atoms with van der Waals surface area (Å²) in [5, 5.41) is 16.6. The van der Waals surface area contributed by atoms with E-state index in [4.69, 9.17) is 5.11 Å². The Hall–Kier alpha value is -1.41. The summed E-state index contributed by atoms with van der Waals surface area (Å²) >= 11 is 4.29. The van der Waals surface area contributed by atoms with Crippen LogP contribution in [0.15, 0.2) is 34.2 Å². The molecule has 0 radical (unpaired) electrons. The highest BCUT2D eigenvalue weighted by Gasteiger charge is 2.11. The minimum Gasteiger partial charge on any atom is -0.481 e. The number of hydrogen-bond acceptors (Lipinski definition) is 4. The van der Waals surface area contributed by atoms with Crippen LogP contribution in [0.3, 0.4) is 0 Å². The predicted octanol–water partition coefficient (Wildman–Crippen LogP) is 2.35. The molecule has 0 atom stereocenters. The van der Waals surface area contributed by atoms with E-state index in [1.54, 1.807) is 10.6 Å². The van der Waals surface area contributed by atoms with Crippen molar-refractivity contribution in [3.8, 4) is 5.69 Å². The number of thioether (sulfide) groups is 1. The highest BCUT2D eigenvalue weighted by molar-refractivity contribution is 9.10. The molecule has 8 heteroatoms. The summed E-state index contributed by atoms with van der Waals surface area (Å²) in [6, 6.07) is 4.19. The third-order valence-corrected chi connectivity index (χ3v) is 3.57. The number of halogens is 2. The average molecular weight is 332 g/mol. The van der Waals surface area contributed by atoms with Crippen LogP contribution < -0.4 is 0 Å². The number of aliphatic carboxylic acids is 1. The lowest BCUT2D eigenvalue weighted by molar-refractivity contribution is -0.133. The zero-order valence-corrected chi connectivity index (χ0v) is 11.3. The Morgan fingerprint density at radius 1 is 1.56 bits per heavy atom. The van der Waals surface area contributed by atoms with Gasteiger partial charge in [0.05, 0.1) is 11.4 Å². The van der Waals surface area contributed by atoms with E-state index in [9.17, 15) is 9.18 Å². The maximum Gasteiger partial charge on any atom is 0.313 e. The fourth-order valence-corrected chi connectivity index (χ4v) is 2.47. The average Bonchev–Trinajstić information content (AvgIpc) is 2.74. The van der Waals surface area contributed by atoms with Crippen molar-refractivity contribution in [3.05, 3.63) is 34.8 Å². The molecule has 1 N–H and O–H groups in total. The summed E-state index contributed by atoms with van der Waals surface area (Å²) < 4.78 is 15.1. The number of carboxylic acids is 1. The number of benzene rings is 1. The molecule has 0 fully saturated rings. The van der Waals surface area contributed by atoms with Crippen molar-refractivity contribution in [3.63, 3.8) is 0 Å². The number of rotatable bonds is 4. The van der Waals surface area contributed by atoms with Crippen LogP contribution in [-0.4, -0.2) is 31.6 Å². The Labute approximate surface area is 114 Å². The summed E-state index contributed by atoms with van der Waals surface area (Å²) in [5.74, 6) is -1.41. The summed E-state index contributed by atoms with van der Waals surface area (Å²) in [5.41, 5.74) is 0.647. The third kappa shape index (κ3) is 2.88. The maximum atomic E-state index is 13.0. The molecule has 0 saturated carbocycles. The highest BCUT2D eigenvalue weighted by atomic mass is 79.9. The third-order valence-electron chi connectivity index (χ3n) is 2.01. The smallest absolute Gasteiger partial charge is 0.313 e. The first-order valence-corrected chi connectivity index (χ1v) is 6.56. The molecular formula is C10H7BrFN3O2S. The van der Waals surface area contributed by atoms with Gasteiger partial charge in [0.2, 0.25) is 0 Å². The van der Waals surface area contributed by atoms with Gasteiger partial charge < -0.3 is 5.11 Å². The summed E-state index contributed by atoms with van der Waals surface area (Å²) in [6.45, 7) is 0. The Bertz CT molecular complexity index is 590. The van der Waals surface area contributed by atoms with Crippen molar-refractivity contribution in [1.82, 2.24) is 14.8 Å². The molecule has 0 unspecified atom stereocenters. The van der Waals surface area contributed by atoms with Crippen LogP contribution in [0, 0.1) is 5.82 Å². The summed E-state index contributed by atoms with van der Waals surface area (Å²) in [4.78, 5) is 10.5. The van der Waals surface area contributed by atoms with Gasteiger partial charge >= 0.3 is 5.97 Å². The molecule has 5 nitrogen and oxygen atoms in total. The second kappa shape index (κ2) is 5.49. The topological polar surface area (TPSA) is 68.0 Å². The van der Waals surface area contributed by atoms with E-state index < -0.39 is 5.97 Å². The lowest BCUT2D eigenvalue weighted by atomic mass is 10.3. The maximum absolute atomic E-state index is 13.0. The number of carboxylic acid groups (broad SMARTS) is 1. The van der Waals surface area contributed by atoms with Gasteiger partial charge in [-0.25, -0.2) is 4.39 Å². The van der Waals surface area contributed by atoms with Crippen molar-refractivity contribution >= 4 is 33.7 Å². The molecule has 2 aromatic rings. The number of aromatic nitrogens is 3. The predicted molar refractivity (Wildman–Crippen MR) is 67.4 cm³/mol. The minimum absolute atomic E-state index is 0.114. The molecule has 0 bridgehead atoms. The Morgan fingerprint density at radius 3 is 3.00 bits per heavy atom. The van der Waals surface area contributed by atoms with Gasteiger partial charge in [-0.05, 0) is 34.1 Å². The van der Waals surface area contributed by atoms with Crippen LogP contribution in [0.5, 0.6) is 0 Å². The molecule has 0 amide bonds. The van der Waals surface area contributed by atoms with Gasteiger partial charge in [0.1, 0.15) is 12.1 Å². The molecular weight excluding hydrogens is 325 g/mol. The van der Waals surface area contributed by atoms with E-state index in [2.05, 4.69) is 26.1 Å². The molecule has 2 rings (SSSR count). The first-order chi connectivity index (χ1) is 8.58. The molecule has 1 aromatic carbocycles. The van der Waals surface area contributed by atoms with E-state index in [-0.39, 0.29) is 11.6 Å². The Morgan fingerprint density at radius 2 is 2.33 bits per heavy atom. The number of carbonyl (C=O) groups is 1. The van der Waals surface area contributed by atoms with Crippen molar-refractivity contribution in [2.24, 2.45) is 0 Å². The standard InChI is InChI=1S/C10H7BrFN3O2S/c11-7-3-6(12)1-2-8(7)15-5-13-14-10(15)18-4-9(16)17/h1-3,5H,4H2,(H,16,17). The monoisotopic (exact) mass is 331 g/mol. The second-order valence-corrected chi connectivity index (χ2v) is 5.06. The Kier molecular flexibility index (Phi) is 3.97. The van der Waals surface area contributed by atoms with Crippen molar-refractivity contribution in [2.45, 2.75) is 5.16 Å². The molecule has 1 aromatic heterocycles. The Balaban J connectivity index is 2.33. The van der Waals surface area contributed by atoms with Crippen LogP contribution in [-0.2, 0) is 4.79 Å². The first-order valence-electron chi connectivity index (χ1n) is 4.78. The van der Waals surface area contributed by atoms with Gasteiger partial charge in [0.25, 0.3) is 0 Å². The molecule has 0 saturated heterocycles. The summed E-state index contributed by atoms with van der Waals surface area (Å²) in [6.07, 6.45) is 1.45. The largest absolute Gasteiger partial charge is 0.481 e. The van der Waals surface area contributed by atoms with Gasteiger partial charge in [-0.3, -0.25) is 9.36 Å². The second-order valence-electron chi connectivity index (χ2n) is 3.26. The molecule has 18 heavy (non-hydrogen) atoms. The molecule has 94 valence electrons. The number of hydrogen-bond donors (Lipinski definition) is 1. The zero-order chi connectivity index (χ0) is 13.1. The van der Waals surface area contributed by atoms with Gasteiger partial charge in [0, 0.05) is 4.47 Å². The van der Waals surface area contributed by atoms with E-state index in [0.717, 1.165) is 11.8 Å². The van der Waals surface area contributed by atoms with Gasteiger partial charge in [0.15, 0.2) is 5.16 Å². The van der Waals surface area contributed by atoms with Gasteiger partial charge in [-0.15, -0.1) is 10.2 Å². The van der Waals surface area contributed by atoms with E-state index in [0.29, 0.717) is 15.3 Å². The SMILES string of the molecule is O=C(O)CSc1nncn1-c1ccc(F)cc1Br. The first kappa shape index (κ1) is 13.0. The van der Waals surface area contributed by atoms with Crippen molar-refractivity contribution < 1.29 is 14.3 Å². The van der Waals surface area contributed by atoms with Crippen LogP contribution in [0.1, 0.15) is 0 Å². The summed E-state index contributed by atoms with van der Waals surface area (Å²) in [7, 11) is 0. The van der Waals surface area contributed by atoms with Crippen molar-refractivity contribution in [1.29, 1.82) is 0 Å². The highest BCUT2D eigenvalue weighted by Crippen LogP contribution is 2.26. The normalized spacial score (nSPS) is 10.6. The lowest BCUT2D eigenvalue weighted by Crippen LogP contribution is -2.02.